The van der Waals surface area contributed by atoms with Gasteiger partial charge in [-0.25, -0.2) is 5.84 Å². The summed E-state index contributed by atoms with van der Waals surface area (Å²) in [5, 5.41) is 0. The standard InChI is InChI=1S/C11H15N3O2S/c12-9-4-2-1-3-8(9)10(15)5-7(6-17)11(16)14-13/h1-4,7,17H,5-6,12-13H2,(H,14,16). The molecule has 1 aromatic rings. The van der Waals surface area contributed by atoms with Gasteiger partial charge in [-0.05, 0) is 12.1 Å². The van der Waals surface area contributed by atoms with E-state index in [1.165, 1.54) is 0 Å². The summed E-state index contributed by atoms with van der Waals surface area (Å²) in [4.78, 5) is 23.2. The molecule has 0 fully saturated rings. The molecule has 0 bridgehead atoms. The molecule has 0 aliphatic heterocycles. The minimum absolute atomic E-state index is 0.0424. The lowest BCUT2D eigenvalue weighted by atomic mass is 9.98. The van der Waals surface area contributed by atoms with Crippen LogP contribution < -0.4 is 17.0 Å². The van der Waals surface area contributed by atoms with Gasteiger partial charge in [0.15, 0.2) is 5.78 Å². The zero-order valence-corrected chi connectivity index (χ0v) is 10.1. The van der Waals surface area contributed by atoms with Crippen LogP contribution in [0.2, 0.25) is 0 Å². The molecule has 17 heavy (non-hydrogen) atoms. The number of hydrazine groups is 1. The SMILES string of the molecule is NNC(=O)C(CS)CC(=O)c1ccccc1N. The average Bonchev–Trinajstić information content (AvgIpc) is 2.35. The Morgan fingerprint density at radius 1 is 1.35 bits per heavy atom. The molecular weight excluding hydrogens is 238 g/mol. The van der Waals surface area contributed by atoms with Crippen LogP contribution in [0.15, 0.2) is 24.3 Å². The molecule has 0 saturated carbocycles. The van der Waals surface area contributed by atoms with Crippen molar-refractivity contribution in [2.75, 3.05) is 11.5 Å². The van der Waals surface area contributed by atoms with E-state index in [9.17, 15) is 9.59 Å². The van der Waals surface area contributed by atoms with Crippen LogP contribution in [0.3, 0.4) is 0 Å². The van der Waals surface area contributed by atoms with Gasteiger partial charge < -0.3 is 5.73 Å². The second-order valence-electron chi connectivity index (χ2n) is 3.60. The number of ketones is 1. The van der Waals surface area contributed by atoms with E-state index in [4.69, 9.17) is 11.6 Å². The van der Waals surface area contributed by atoms with Gasteiger partial charge in [-0.3, -0.25) is 15.0 Å². The first-order valence-electron chi connectivity index (χ1n) is 5.09. The minimum Gasteiger partial charge on any atom is -0.398 e. The Morgan fingerprint density at radius 2 is 2.00 bits per heavy atom. The number of anilines is 1. The van der Waals surface area contributed by atoms with Crippen molar-refractivity contribution in [3.8, 4) is 0 Å². The molecule has 1 unspecified atom stereocenters. The van der Waals surface area contributed by atoms with Crippen molar-refractivity contribution < 1.29 is 9.59 Å². The molecule has 0 radical (unpaired) electrons. The summed E-state index contributed by atoms with van der Waals surface area (Å²) in [7, 11) is 0. The quantitative estimate of drug-likeness (QED) is 0.152. The molecule has 1 rings (SSSR count). The highest BCUT2D eigenvalue weighted by atomic mass is 32.1. The molecule has 0 aliphatic carbocycles. The van der Waals surface area contributed by atoms with Crippen molar-refractivity contribution >= 4 is 30.0 Å². The fourth-order valence-corrected chi connectivity index (χ4v) is 1.74. The number of rotatable bonds is 5. The first kappa shape index (κ1) is 13.5. The van der Waals surface area contributed by atoms with E-state index in [2.05, 4.69) is 12.6 Å². The summed E-state index contributed by atoms with van der Waals surface area (Å²) in [6, 6.07) is 6.75. The van der Waals surface area contributed by atoms with E-state index >= 15 is 0 Å². The number of thiol groups is 1. The Morgan fingerprint density at radius 3 is 2.53 bits per heavy atom. The van der Waals surface area contributed by atoms with Crippen molar-refractivity contribution in [3.05, 3.63) is 29.8 Å². The summed E-state index contributed by atoms with van der Waals surface area (Å²) < 4.78 is 0. The smallest absolute Gasteiger partial charge is 0.238 e. The molecule has 0 aromatic heterocycles. The van der Waals surface area contributed by atoms with Crippen LogP contribution in [0.4, 0.5) is 5.69 Å². The number of para-hydroxylation sites is 1. The van der Waals surface area contributed by atoms with Gasteiger partial charge in [0, 0.05) is 23.4 Å². The van der Waals surface area contributed by atoms with E-state index in [0.29, 0.717) is 11.3 Å². The Kier molecular flexibility index (Phi) is 4.99. The van der Waals surface area contributed by atoms with Crippen LogP contribution in [-0.4, -0.2) is 17.4 Å². The number of nitrogen functional groups attached to an aromatic ring is 1. The van der Waals surface area contributed by atoms with Gasteiger partial charge in [-0.15, -0.1) is 0 Å². The van der Waals surface area contributed by atoms with Gasteiger partial charge in [-0.2, -0.15) is 12.6 Å². The number of carbonyl (C=O) groups is 2. The number of amides is 1. The highest BCUT2D eigenvalue weighted by Crippen LogP contribution is 2.16. The van der Waals surface area contributed by atoms with Gasteiger partial charge in [0.05, 0.1) is 5.92 Å². The largest absolute Gasteiger partial charge is 0.398 e. The molecule has 1 amide bonds. The van der Waals surface area contributed by atoms with Crippen LogP contribution >= 0.6 is 12.6 Å². The molecule has 5 nitrogen and oxygen atoms in total. The normalized spacial score (nSPS) is 11.9. The van der Waals surface area contributed by atoms with Crippen LogP contribution in [0.25, 0.3) is 0 Å². The lowest BCUT2D eigenvalue weighted by Gasteiger charge is -2.12. The van der Waals surface area contributed by atoms with Crippen molar-refractivity contribution in [1.29, 1.82) is 0 Å². The highest BCUT2D eigenvalue weighted by Gasteiger charge is 2.21. The van der Waals surface area contributed by atoms with E-state index in [1.807, 2.05) is 5.43 Å². The number of nitrogens with one attached hydrogen (secondary N) is 1. The van der Waals surface area contributed by atoms with Gasteiger partial charge >= 0.3 is 0 Å². The monoisotopic (exact) mass is 253 g/mol. The van der Waals surface area contributed by atoms with E-state index in [0.717, 1.165) is 0 Å². The van der Waals surface area contributed by atoms with Gasteiger partial charge in [-0.1, -0.05) is 12.1 Å². The number of hydrogen-bond donors (Lipinski definition) is 4. The zero-order valence-electron chi connectivity index (χ0n) is 9.22. The van der Waals surface area contributed by atoms with E-state index in [-0.39, 0.29) is 18.0 Å². The number of benzene rings is 1. The maximum absolute atomic E-state index is 11.9. The van der Waals surface area contributed by atoms with Crippen molar-refractivity contribution in [2.24, 2.45) is 11.8 Å². The maximum Gasteiger partial charge on any atom is 0.238 e. The second-order valence-corrected chi connectivity index (χ2v) is 3.97. The van der Waals surface area contributed by atoms with Crippen LogP contribution in [0.1, 0.15) is 16.8 Å². The molecule has 92 valence electrons. The Balaban J connectivity index is 2.78. The minimum atomic E-state index is -0.546. The molecule has 0 heterocycles. The number of nitrogens with two attached hydrogens (primary N) is 2. The predicted octanol–water partition coefficient (Wildman–Crippen LogP) is 0.377. The predicted molar refractivity (Wildman–Crippen MR) is 69.5 cm³/mol. The lowest BCUT2D eigenvalue weighted by molar-refractivity contribution is -0.124. The zero-order chi connectivity index (χ0) is 12.8. The van der Waals surface area contributed by atoms with Crippen molar-refractivity contribution in [2.45, 2.75) is 6.42 Å². The van der Waals surface area contributed by atoms with Gasteiger partial charge in [0.1, 0.15) is 0 Å². The summed E-state index contributed by atoms with van der Waals surface area (Å²) in [6.45, 7) is 0. The molecular formula is C11H15N3O2S. The maximum atomic E-state index is 11.9. The molecule has 5 N–H and O–H groups in total. The second kappa shape index (κ2) is 6.27. The van der Waals surface area contributed by atoms with Crippen LogP contribution in [-0.2, 0) is 4.79 Å². The lowest BCUT2D eigenvalue weighted by Crippen LogP contribution is -2.37. The third-order valence-electron chi connectivity index (χ3n) is 2.43. The number of Topliss-reactive ketones (excluding diaryl/α,β-unsaturated/α-hetero) is 1. The third-order valence-corrected chi connectivity index (χ3v) is 2.87. The molecule has 1 aromatic carbocycles. The van der Waals surface area contributed by atoms with Crippen LogP contribution in [0.5, 0.6) is 0 Å². The fourth-order valence-electron chi connectivity index (χ4n) is 1.44. The molecule has 1 atom stereocenters. The molecule has 6 heteroatoms. The Bertz CT molecular complexity index is 423. The first-order valence-corrected chi connectivity index (χ1v) is 5.72. The van der Waals surface area contributed by atoms with Gasteiger partial charge in [0.25, 0.3) is 0 Å². The first-order chi connectivity index (χ1) is 8.10. The summed E-state index contributed by atoms with van der Waals surface area (Å²) in [5.41, 5.74) is 8.52. The average molecular weight is 253 g/mol. The highest BCUT2D eigenvalue weighted by molar-refractivity contribution is 7.80. The van der Waals surface area contributed by atoms with Crippen LogP contribution in [0, 0.1) is 5.92 Å². The molecule has 0 aliphatic rings. The number of hydrogen-bond acceptors (Lipinski definition) is 5. The number of carbonyl (C=O) groups excluding carboxylic acids is 2. The summed E-state index contributed by atoms with van der Waals surface area (Å²) in [5.74, 6) is 4.14. The van der Waals surface area contributed by atoms with E-state index in [1.54, 1.807) is 24.3 Å². The summed E-state index contributed by atoms with van der Waals surface area (Å²) >= 11 is 4.02. The molecule has 0 saturated heterocycles. The molecule has 0 spiro atoms. The Hall–Kier alpha value is -1.53. The third kappa shape index (κ3) is 3.47. The fraction of sp³-hybridized carbons (Fsp3) is 0.273. The van der Waals surface area contributed by atoms with E-state index < -0.39 is 11.8 Å². The van der Waals surface area contributed by atoms with Crippen molar-refractivity contribution in [3.63, 3.8) is 0 Å². The van der Waals surface area contributed by atoms with Gasteiger partial charge in [0.2, 0.25) is 5.91 Å². The summed E-state index contributed by atoms with van der Waals surface area (Å²) in [6.07, 6.45) is 0.0424. The topological polar surface area (TPSA) is 98.2 Å². The Labute approximate surface area is 105 Å². The van der Waals surface area contributed by atoms with Crippen molar-refractivity contribution in [1.82, 2.24) is 5.43 Å².